The normalized spacial score (nSPS) is 22.0. The molecule has 0 amide bonds. The predicted octanol–water partition coefficient (Wildman–Crippen LogP) is 2.33. The van der Waals surface area contributed by atoms with Crippen LogP contribution < -0.4 is 4.72 Å². The molecule has 1 aliphatic carbocycles. The van der Waals surface area contributed by atoms with E-state index in [1.165, 1.54) is 7.11 Å². The van der Waals surface area contributed by atoms with Crippen LogP contribution in [0.15, 0.2) is 24.3 Å². The smallest absolute Gasteiger partial charge is 0.310 e. The lowest BCUT2D eigenvalue weighted by atomic mass is 10.1. The van der Waals surface area contributed by atoms with Crippen molar-refractivity contribution < 1.29 is 17.9 Å². The minimum Gasteiger partial charge on any atom is -0.469 e. The predicted molar refractivity (Wildman–Crippen MR) is 81.5 cm³/mol. The number of rotatable bonds is 5. The van der Waals surface area contributed by atoms with Crippen LogP contribution in [-0.2, 0) is 26.0 Å². The standard InChI is InChI=1S/C15H21NO4S/c1-3-11-7-9-12(10-8-11)16-21(18,19)14-6-4-5-13(14)15(17)20-2/h7-10,13-14,16H,3-6H2,1-2H3. The number of sulfonamides is 1. The van der Waals surface area contributed by atoms with Gasteiger partial charge in [0.25, 0.3) is 0 Å². The Morgan fingerprint density at radius 3 is 2.52 bits per heavy atom. The average Bonchev–Trinajstić information content (AvgIpc) is 2.97. The summed E-state index contributed by atoms with van der Waals surface area (Å²) >= 11 is 0. The first kappa shape index (κ1) is 15.8. The summed E-state index contributed by atoms with van der Waals surface area (Å²) in [6.07, 6.45) is 2.68. The third-order valence-electron chi connectivity index (χ3n) is 3.98. The zero-order valence-electron chi connectivity index (χ0n) is 12.3. The number of ether oxygens (including phenoxy) is 1. The number of hydrogen-bond donors (Lipinski definition) is 1. The lowest BCUT2D eigenvalue weighted by Gasteiger charge is -2.19. The highest BCUT2D eigenvalue weighted by atomic mass is 32.2. The fourth-order valence-electron chi connectivity index (χ4n) is 2.77. The third kappa shape index (κ3) is 3.56. The molecule has 1 fully saturated rings. The largest absolute Gasteiger partial charge is 0.469 e. The van der Waals surface area contributed by atoms with Crippen LogP contribution in [0.3, 0.4) is 0 Å². The van der Waals surface area contributed by atoms with Crippen molar-refractivity contribution in [1.29, 1.82) is 0 Å². The second-order valence-electron chi connectivity index (χ2n) is 5.30. The molecule has 0 saturated heterocycles. The molecule has 0 aromatic heterocycles. The average molecular weight is 311 g/mol. The monoisotopic (exact) mass is 311 g/mol. The molecule has 1 aromatic carbocycles. The molecule has 1 saturated carbocycles. The maximum Gasteiger partial charge on any atom is 0.310 e. The van der Waals surface area contributed by atoms with E-state index >= 15 is 0 Å². The van der Waals surface area contributed by atoms with Crippen LogP contribution in [0.2, 0.25) is 0 Å². The molecule has 6 heteroatoms. The highest BCUT2D eigenvalue weighted by molar-refractivity contribution is 7.93. The van der Waals surface area contributed by atoms with Crippen LogP contribution in [0.25, 0.3) is 0 Å². The van der Waals surface area contributed by atoms with E-state index in [0.29, 0.717) is 18.5 Å². The van der Waals surface area contributed by atoms with Crippen molar-refractivity contribution in [3.8, 4) is 0 Å². The molecule has 1 aliphatic rings. The lowest BCUT2D eigenvalue weighted by molar-refractivity contribution is -0.145. The van der Waals surface area contributed by atoms with Gasteiger partial charge >= 0.3 is 5.97 Å². The zero-order chi connectivity index (χ0) is 15.5. The summed E-state index contributed by atoms with van der Waals surface area (Å²) in [4.78, 5) is 11.7. The molecule has 1 N–H and O–H groups in total. The Kier molecular flexibility index (Phi) is 4.88. The first-order valence-corrected chi connectivity index (χ1v) is 8.71. The summed E-state index contributed by atoms with van der Waals surface area (Å²) in [6.45, 7) is 2.04. The van der Waals surface area contributed by atoms with E-state index in [0.717, 1.165) is 18.4 Å². The second kappa shape index (κ2) is 6.47. The number of methoxy groups -OCH3 is 1. The van der Waals surface area contributed by atoms with Gasteiger partial charge in [0, 0.05) is 5.69 Å². The van der Waals surface area contributed by atoms with Gasteiger partial charge in [0.1, 0.15) is 0 Å². The van der Waals surface area contributed by atoms with Crippen molar-refractivity contribution in [2.75, 3.05) is 11.8 Å². The summed E-state index contributed by atoms with van der Waals surface area (Å²) < 4.78 is 32.2. The maximum absolute atomic E-state index is 12.5. The van der Waals surface area contributed by atoms with E-state index in [1.807, 2.05) is 19.1 Å². The van der Waals surface area contributed by atoms with Crippen molar-refractivity contribution in [2.45, 2.75) is 37.9 Å². The van der Waals surface area contributed by atoms with Crippen LogP contribution in [0, 0.1) is 5.92 Å². The summed E-state index contributed by atoms with van der Waals surface area (Å²) in [6, 6.07) is 7.28. The van der Waals surface area contributed by atoms with Crippen LogP contribution in [0.4, 0.5) is 5.69 Å². The number of carbonyl (C=O) groups is 1. The molecule has 21 heavy (non-hydrogen) atoms. The Balaban J connectivity index is 2.15. The molecule has 116 valence electrons. The van der Waals surface area contributed by atoms with Crippen LogP contribution in [-0.4, -0.2) is 26.7 Å². The SMILES string of the molecule is CCc1ccc(NS(=O)(=O)C2CCCC2C(=O)OC)cc1. The summed E-state index contributed by atoms with van der Waals surface area (Å²) in [5.74, 6) is -1.01. The van der Waals surface area contributed by atoms with Gasteiger partial charge < -0.3 is 4.74 Å². The van der Waals surface area contributed by atoms with Crippen LogP contribution in [0.1, 0.15) is 31.7 Å². The van der Waals surface area contributed by atoms with E-state index in [9.17, 15) is 13.2 Å². The number of anilines is 1. The van der Waals surface area contributed by atoms with Gasteiger partial charge in [0.15, 0.2) is 0 Å². The molecule has 2 atom stereocenters. The summed E-state index contributed by atoms with van der Waals surface area (Å²) in [5.41, 5.74) is 1.67. The van der Waals surface area contributed by atoms with Gasteiger partial charge in [-0.05, 0) is 37.0 Å². The highest BCUT2D eigenvalue weighted by Crippen LogP contribution is 2.33. The first-order chi connectivity index (χ1) is 9.97. The number of esters is 1. The number of carbonyl (C=O) groups excluding carboxylic acids is 1. The Labute approximate surface area is 125 Å². The summed E-state index contributed by atoms with van der Waals surface area (Å²) in [7, 11) is -2.29. The topological polar surface area (TPSA) is 72.5 Å². The molecule has 0 heterocycles. The number of hydrogen-bond acceptors (Lipinski definition) is 4. The molecule has 0 bridgehead atoms. The maximum atomic E-state index is 12.5. The molecule has 2 rings (SSSR count). The van der Waals surface area contributed by atoms with Gasteiger partial charge in [-0.1, -0.05) is 25.5 Å². The number of nitrogens with one attached hydrogen (secondary N) is 1. The number of aryl methyl sites for hydroxylation is 1. The van der Waals surface area contributed by atoms with E-state index in [2.05, 4.69) is 4.72 Å². The zero-order valence-corrected chi connectivity index (χ0v) is 13.2. The molecular formula is C15H21NO4S. The Morgan fingerprint density at radius 1 is 1.29 bits per heavy atom. The lowest BCUT2D eigenvalue weighted by Crippen LogP contribution is -2.35. The minimum atomic E-state index is -3.59. The fourth-order valence-corrected chi connectivity index (χ4v) is 4.54. The van der Waals surface area contributed by atoms with E-state index in [4.69, 9.17) is 4.74 Å². The van der Waals surface area contributed by atoms with Crippen molar-refractivity contribution in [3.05, 3.63) is 29.8 Å². The molecular weight excluding hydrogens is 290 g/mol. The second-order valence-corrected chi connectivity index (χ2v) is 7.20. The van der Waals surface area contributed by atoms with Crippen molar-refractivity contribution in [1.82, 2.24) is 0 Å². The van der Waals surface area contributed by atoms with Crippen molar-refractivity contribution >= 4 is 21.7 Å². The Hall–Kier alpha value is -1.56. The highest BCUT2D eigenvalue weighted by Gasteiger charge is 2.42. The number of benzene rings is 1. The van der Waals surface area contributed by atoms with E-state index in [-0.39, 0.29) is 0 Å². The molecule has 0 spiro atoms. The van der Waals surface area contributed by atoms with Gasteiger partial charge in [-0.3, -0.25) is 9.52 Å². The Bertz CT molecular complexity index is 595. The Morgan fingerprint density at radius 2 is 1.95 bits per heavy atom. The van der Waals surface area contributed by atoms with E-state index < -0.39 is 27.2 Å². The third-order valence-corrected chi connectivity index (χ3v) is 5.86. The summed E-state index contributed by atoms with van der Waals surface area (Å²) in [5, 5.41) is -0.712. The van der Waals surface area contributed by atoms with Gasteiger partial charge in [0.05, 0.1) is 18.3 Å². The van der Waals surface area contributed by atoms with Gasteiger partial charge in [-0.15, -0.1) is 0 Å². The minimum absolute atomic E-state index is 0.441. The fraction of sp³-hybridized carbons (Fsp3) is 0.533. The van der Waals surface area contributed by atoms with E-state index in [1.54, 1.807) is 12.1 Å². The van der Waals surface area contributed by atoms with Gasteiger partial charge in [-0.2, -0.15) is 0 Å². The first-order valence-electron chi connectivity index (χ1n) is 7.16. The van der Waals surface area contributed by atoms with Crippen LogP contribution in [0.5, 0.6) is 0 Å². The van der Waals surface area contributed by atoms with Gasteiger partial charge in [-0.25, -0.2) is 8.42 Å². The van der Waals surface area contributed by atoms with Crippen LogP contribution >= 0.6 is 0 Å². The molecule has 0 radical (unpaired) electrons. The molecule has 0 aliphatic heterocycles. The molecule has 1 aromatic rings. The van der Waals surface area contributed by atoms with Crippen molar-refractivity contribution in [2.24, 2.45) is 5.92 Å². The molecule has 5 nitrogen and oxygen atoms in total. The van der Waals surface area contributed by atoms with Crippen molar-refractivity contribution in [3.63, 3.8) is 0 Å². The molecule has 2 unspecified atom stereocenters. The quantitative estimate of drug-likeness (QED) is 0.847. The van der Waals surface area contributed by atoms with Gasteiger partial charge in [0.2, 0.25) is 10.0 Å².